The molecule has 0 spiro atoms. The van der Waals surface area contributed by atoms with Gasteiger partial charge in [0.05, 0.1) is 6.61 Å². The number of nitrogens with one attached hydrogen (secondary N) is 1. The van der Waals surface area contributed by atoms with E-state index in [1.165, 1.54) is 28.8 Å². The molecule has 1 heterocycles. The van der Waals surface area contributed by atoms with Crippen LogP contribution in [-0.2, 0) is 6.42 Å². The van der Waals surface area contributed by atoms with Gasteiger partial charge < -0.3 is 10.1 Å². The van der Waals surface area contributed by atoms with Crippen molar-refractivity contribution >= 4 is 5.69 Å². The van der Waals surface area contributed by atoms with E-state index in [1.807, 2.05) is 19.1 Å². The third-order valence-corrected chi connectivity index (χ3v) is 3.54. The molecule has 0 aliphatic carbocycles. The Morgan fingerprint density at radius 3 is 2.95 bits per heavy atom. The molecule has 2 nitrogen and oxygen atoms in total. The molecule has 0 bridgehead atoms. The Hall–Kier alpha value is -1.96. The van der Waals surface area contributed by atoms with Crippen LogP contribution in [0.4, 0.5) is 5.69 Å². The average Bonchev–Trinajstić information content (AvgIpc) is 2.48. The summed E-state index contributed by atoms with van der Waals surface area (Å²) in [5, 5.41) is 3.45. The van der Waals surface area contributed by atoms with Crippen LogP contribution in [0.3, 0.4) is 0 Å². The first-order valence-corrected chi connectivity index (χ1v) is 6.97. The van der Waals surface area contributed by atoms with Crippen molar-refractivity contribution in [2.45, 2.75) is 19.8 Å². The van der Waals surface area contributed by atoms with Gasteiger partial charge in [0.15, 0.2) is 0 Å². The van der Waals surface area contributed by atoms with E-state index in [-0.39, 0.29) is 0 Å². The molecule has 19 heavy (non-hydrogen) atoms. The Morgan fingerprint density at radius 1 is 1.16 bits per heavy atom. The van der Waals surface area contributed by atoms with Gasteiger partial charge in [-0.05, 0) is 49.1 Å². The lowest BCUT2D eigenvalue weighted by molar-refractivity contribution is 0.341. The van der Waals surface area contributed by atoms with Crippen LogP contribution in [0.1, 0.15) is 18.9 Å². The second-order valence-corrected chi connectivity index (χ2v) is 4.83. The molecule has 1 N–H and O–H groups in total. The van der Waals surface area contributed by atoms with Gasteiger partial charge in [0, 0.05) is 17.8 Å². The molecular formula is C17H19NO. The molecule has 98 valence electrons. The Labute approximate surface area is 114 Å². The lowest BCUT2D eigenvalue weighted by atomic mass is 9.97. The number of para-hydroxylation sites is 1. The van der Waals surface area contributed by atoms with Crippen molar-refractivity contribution in [3.05, 3.63) is 48.0 Å². The summed E-state index contributed by atoms with van der Waals surface area (Å²) in [6.07, 6.45) is 2.37. The van der Waals surface area contributed by atoms with Crippen LogP contribution >= 0.6 is 0 Å². The summed E-state index contributed by atoms with van der Waals surface area (Å²) in [5.74, 6) is 0.966. The maximum absolute atomic E-state index is 5.72. The molecule has 1 aliphatic rings. The van der Waals surface area contributed by atoms with Gasteiger partial charge in [-0.3, -0.25) is 0 Å². The number of hydrogen-bond donors (Lipinski definition) is 1. The summed E-state index contributed by atoms with van der Waals surface area (Å²) in [5.41, 5.74) is 5.11. The van der Waals surface area contributed by atoms with Gasteiger partial charge in [-0.1, -0.05) is 24.3 Å². The van der Waals surface area contributed by atoms with Crippen LogP contribution in [0, 0.1) is 0 Å². The van der Waals surface area contributed by atoms with E-state index in [4.69, 9.17) is 4.74 Å². The molecule has 3 rings (SSSR count). The van der Waals surface area contributed by atoms with Crippen molar-refractivity contribution in [1.29, 1.82) is 0 Å². The summed E-state index contributed by atoms with van der Waals surface area (Å²) in [4.78, 5) is 0. The van der Waals surface area contributed by atoms with E-state index in [0.29, 0.717) is 6.61 Å². The van der Waals surface area contributed by atoms with Crippen LogP contribution in [0.5, 0.6) is 5.75 Å². The number of rotatable bonds is 3. The lowest BCUT2D eigenvalue weighted by Gasteiger charge is -2.19. The fourth-order valence-electron chi connectivity index (χ4n) is 2.63. The molecular weight excluding hydrogens is 234 g/mol. The minimum absolute atomic E-state index is 0.698. The summed E-state index contributed by atoms with van der Waals surface area (Å²) in [6.45, 7) is 3.80. The van der Waals surface area contributed by atoms with Crippen molar-refractivity contribution in [3.63, 3.8) is 0 Å². The van der Waals surface area contributed by atoms with E-state index in [9.17, 15) is 0 Å². The van der Waals surface area contributed by atoms with Gasteiger partial charge in [-0.25, -0.2) is 0 Å². The van der Waals surface area contributed by atoms with E-state index in [0.717, 1.165) is 18.7 Å². The van der Waals surface area contributed by atoms with Crippen molar-refractivity contribution in [2.75, 3.05) is 18.5 Å². The van der Waals surface area contributed by atoms with Crippen LogP contribution in [-0.4, -0.2) is 13.2 Å². The Morgan fingerprint density at radius 2 is 2.05 bits per heavy atom. The van der Waals surface area contributed by atoms with Crippen LogP contribution < -0.4 is 10.1 Å². The molecule has 2 heteroatoms. The first-order valence-electron chi connectivity index (χ1n) is 6.97. The zero-order valence-electron chi connectivity index (χ0n) is 11.3. The van der Waals surface area contributed by atoms with E-state index >= 15 is 0 Å². The zero-order valence-corrected chi connectivity index (χ0v) is 11.3. The fourth-order valence-corrected chi connectivity index (χ4v) is 2.63. The second kappa shape index (κ2) is 5.35. The summed E-state index contributed by atoms with van der Waals surface area (Å²) < 4.78 is 5.72. The Balaban J connectivity index is 2.02. The first kappa shape index (κ1) is 12.1. The molecule has 0 saturated heterocycles. The molecule has 0 unspecified atom stereocenters. The molecule has 2 aromatic rings. The van der Waals surface area contributed by atoms with Gasteiger partial charge >= 0.3 is 0 Å². The third kappa shape index (κ3) is 2.43. The first-order chi connectivity index (χ1) is 9.38. The van der Waals surface area contributed by atoms with Crippen molar-refractivity contribution in [3.8, 4) is 16.9 Å². The van der Waals surface area contributed by atoms with Crippen LogP contribution in [0.2, 0.25) is 0 Å². The highest BCUT2D eigenvalue weighted by atomic mass is 16.5. The summed E-state index contributed by atoms with van der Waals surface area (Å²) in [7, 11) is 0. The normalized spacial score (nSPS) is 13.5. The maximum atomic E-state index is 5.72. The van der Waals surface area contributed by atoms with E-state index in [1.54, 1.807) is 0 Å². The largest absolute Gasteiger partial charge is 0.493 e. The highest BCUT2D eigenvalue weighted by Gasteiger charge is 2.11. The molecule has 0 aromatic heterocycles. The molecule has 0 atom stereocenters. The average molecular weight is 253 g/mol. The van der Waals surface area contributed by atoms with Gasteiger partial charge in [0.1, 0.15) is 5.75 Å². The van der Waals surface area contributed by atoms with Crippen LogP contribution in [0.15, 0.2) is 42.5 Å². The number of fused-ring (bicyclic) bond motifs is 1. The lowest BCUT2D eigenvalue weighted by Crippen LogP contribution is -2.11. The third-order valence-electron chi connectivity index (χ3n) is 3.54. The van der Waals surface area contributed by atoms with Crippen molar-refractivity contribution in [1.82, 2.24) is 0 Å². The van der Waals surface area contributed by atoms with E-state index in [2.05, 4.69) is 35.6 Å². The van der Waals surface area contributed by atoms with E-state index < -0.39 is 0 Å². The number of hydrogen-bond acceptors (Lipinski definition) is 2. The van der Waals surface area contributed by atoms with Gasteiger partial charge in [0.25, 0.3) is 0 Å². The van der Waals surface area contributed by atoms with Gasteiger partial charge in [0.2, 0.25) is 0 Å². The van der Waals surface area contributed by atoms with Gasteiger partial charge in [-0.2, -0.15) is 0 Å². The minimum atomic E-state index is 0.698. The summed E-state index contributed by atoms with van der Waals surface area (Å²) in [6, 6.07) is 14.9. The molecule has 1 aliphatic heterocycles. The Bertz CT molecular complexity index is 577. The Kier molecular flexibility index (Phi) is 3.41. The predicted molar refractivity (Wildman–Crippen MR) is 79.9 cm³/mol. The van der Waals surface area contributed by atoms with Gasteiger partial charge in [-0.15, -0.1) is 0 Å². The number of aryl methyl sites for hydroxylation is 1. The minimum Gasteiger partial charge on any atom is -0.493 e. The molecule has 2 aromatic carbocycles. The molecule has 0 radical (unpaired) electrons. The second-order valence-electron chi connectivity index (χ2n) is 4.83. The van der Waals surface area contributed by atoms with Crippen molar-refractivity contribution in [2.24, 2.45) is 0 Å². The monoisotopic (exact) mass is 253 g/mol. The quantitative estimate of drug-likeness (QED) is 0.888. The molecule has 0 fully saturated rings. The highest BCUT2D eigenvalue weighted by molar-refractivity contribution is 5.73. The summed E-state index contributed by atoms with van der Waals surface area (Å²) >= 11 is 0. The number of benzene rings is 2. The fraction of sp³-hybridized carbons (Fsp3) is 0.294. The predicted octanol–water partition coefficient (Wildman–Crippen LogP) is 4.11. The van der Waals surface area contributed by atoms with Crippen LogP contribution in [0.25, 0.3) is 11.1 Å². The highest BCUT2D eigenvalue weighted by Crippen LogP contribution is 2.33. The smallest absolute Gasteiger partial charge is 0.127 e. The number of anilines is 1. The number of ether oxygens (including phenoxy) is 1. The molecule has 0 amide bonds. The molecule has 0 saturated carbocycles. The maximum Gasteiger partial charge on any atom is 0.127 e. The SMILES string of the molecule is CCOc1ccccc1-c1ccc2c(c1)CCCN2. The van der Waals surface area contributed by atoms with Crippen molar-refractivity contribution < 1.29 is 4.74 Å². The topological polar surface area (TPSA) is 21.3 Å². The standard InChI is InChI=1S/C17H19NO/c1-2-19-17-8-4-3-7-15(17)13-9-10-16-14(12-13)6-5-11-18-16/h3-4,7-10,12,18H,2,5-6,11H2,1H3. The zero-order chi connectivity index (χ0) is 13.1.